The van der Waals surface area contributed by atoms with Crippen molar-refractivity contribution >= 4 is 74.1 Å². The summed E-state index contributed by atoms with van der Waals surface area (Å²) in [6, 6.07) is 14.7. The molecule has 0 saturated carbocycles. The van der Waals surface area contributed by atoms with Crippen molar-refractivity contribution in [1.29, 1.82) is 0 Å². The minimum Gasteiger partial charge on any atom is -0.504 e. The standard InChI is InChI=1S/C20H19ClFN3O4.C15H11ClFN3O2/c1-20(2,3)29-19(27)25(14-7-5-6-12(21)17(14)22)18-11-8-15(26)16(28-4)9-13(11)23-10-24-18;1-22-13-6-11-8(5-12(13)21)15(19-7-18-11)20-10-4-2-3-9(16)14(10)17/h5-10,26H,1-4H3;2-7,21H,1H3,(H,18,19,20). The number of aromatic nitrogens is 4. The number of fused-ring (bicyclic) bond motifs is 2. The molecule has 0 unspecified atom stereocenters. The van der Waals surface area contributed by atoms with Crippen molar-refractivity contribution < 1.29 is 38.0 Å². The molecule has 16 heteroatoms. The Balaban J connectivity index is 0.000000205. The number of benzene rings is 4. The average molecular weight is 740 g/mol. The van der Waals surface area contributed by atoms with Crippen LogP contribution in [0, 0.1) is 11.6 Å². The van der Waals surface area contributed by atoms with Gasteiger partial charge in [-0.15, -0.1) is 0 Å². The highest BCUT2D eigenvalue weighted by Crippen LogP contribution is 2.39. The lowest BCUT2D eigenvalue weighted by atomic mass is 10.1. The summed E-state index contributed by atoms with van der Waals surface area (Å²) >= 11 is 11.7. The largest absolute Gasteiger partial charge is 0.504 e. The third kappa shape index (κ3) is 8.03. The van der Waals surface area contributed by atoms with Crippen molar-refractivity contribution in [3.05, 3.63) is 95.0 Å². The van der Waals surface area contributed by atoms with E-state index in [0.717, 1.165) is 4.90 Å². The molecule has 0 atom stereocenters. The fourth-order valence-electron chi connectivity index (χ4n) is 4.74. The molecule has 1 amide bonds. The first-order valence-corrected chi connectivity index (χ1v) is 15.7. The molecule has 264 valence electrons. The summed E-state index contributed by atoms with van der Waals surface area (Å²) in [6.45, 7) is 5.06. The maximum atomic E-state index is 14.8. The van der Waals surface area contributed by atoms with Gasteiger partial charge >= 0.3 is 6.09 Å². The monoisotopic (exact) mass is 738 g/mol. The Morgan fingerprint density at radius 3 is 1.94 bits per heavy atom. The van der Waals surface area contributed by atoms with Gasteiger partial charge in [0.15, 0.2) is 40.5 Å². The van der Waals surface area contributed by atoms with Gasteiger partial charge in [0.1, 0.15) is 24.1 Å². The lowest BCUT2D eigenvalue weighted by molar-refractivity contribution is 0.0597. The van der Waals surface area contributed by atoms with Crippen molar-refractivity contribution in [2.75, 3.05) is 24.4 Å². The lowest BCUT2D eigenvalue weighted by Gasteiger charge is -2.27. The minimum absolute atomic E-state index is 0.00729. The fourth-order valence-corrected chi connectivity index (χ4v) is 5.08. The van der Waals surface area contributed by atoms with Gasteiger partial charge in [0, 0.05) is 22.9 Å². The van der Waals surface area contributed by atoms with Gasteiger partial charge in [0.05, 0.1) is 46.7 Å². The number of hydrogen-bond donors (Lipinski definition) is 3. The molecule has 12 nitrogen and oxygen atoms in total. The number of nitrogens with one attached hydrogen (secondary N) is 1. The number of hydrogen-bond acceptors (Lipinski definition) is 11. The molecule has 0 fully saturated rings. The Hall–Kier alpha value is -5.73. The summed E-state index contributed by atoms with van der Waals surface area (Å²) in [7, 11) is 2.85. The molecule has 2 aromatic heterocycles. The third-order valence-corrected chi connectivity index (χ3v) is 7.60. The molecule has 4 aromatic carbocycles. The second-order valence-corrected chi connectivity index (χ2v) is 12.4. The van der Waals surface area contributed by atoms with Crippen LogP contribution in [-0.2, 0) is 4.74 Å². The summed E-state index contributed by atoms with van der Waals surface area (Å²) in [5.74, 6) is -0.775. The van der Waals surface area contributed by atoms with Gasteiger partial charge in [-0.25, -0.2) is 38.4 Å². The van der Waals surface area contributed by atoms with E-state index in [1.165, 1.54) is 69.3 Å². The van der Waals surface area contributed by atoms with Crippen LogP contribution in [0.1, 0.15) is 20.8 Å². The van der Waals surface area contributed by atoms with E-state index in [0.29, 0.717) is 28.0 Å². The van der Waals surface area contributed by atoms with E-state index >= 15 is 0 Å². The summed E-state index contributed by atoms with van der Waals surface area (Å²) in [4.78, 5) is 30.5. The Morgan fingerprint density at radius 1 is 0.784 bits per heavy atom. The smallest absolute Gasteiger partial charge is 0.420 e. The molecule has 6 aromatic rings. The van der Waals surface area contributed by atoms with E-state index < -0.39 is 23.3 Å². The van der Waals surface area contributed by atoms with E-state index in [9.17, 15) is 23.8 Å². The van der Waals surface area contributed by atoms with Gasteiger partial charge in [-0.3, -0.25) is 0 Å². The van der Waals surface area contributed by atoms with Crippen LogP contribution in [0.4, 0.5) is 36.6 Å². The molecule has 0 aliphatic rings. The summed E-state index contributed by atoms with van der Waals surface area (Å²) in [5.41, 5.74) is 0.110. The highest BCUT2D eigenvalue weighted by atomic mass is 35.5. The Labute approximate surface area is 300 Å². The quantitative estimate of drug-likeness (QED) is 0.150. The van der Waals surface area contributed by atoms with Crippen molar-refractivity contribution in [2.24, 2.45) is 0 Å². The molecule has 0 bridgehead atoms. The number of carbonyl (C=O) groups excluding carboxylic acids is 1. The number of aromatic hydroxyl groups is 2. The zero-order chi connectivity index (χ0) is 37.0. The molecule has 0 radical (unpaired) electrons. The number of methoxy groups -OCH3 is 2. The molecule has 3 N–H and O–H groups in total. The number of amides is 1. The van der Waals surface area contributed by atoms with Crippen LogP contribution in [0.2, 0.25) is 10.0 Å². The van der Waals surface area contributed by atoms with Crippen LogP contribution in [0.15, 0.2) is 73.3 Å². The van der Waals surface area contributed by atoms with Crippen molar-refractivity contribution in [3.63, 3.8) is 0 Å². The van der Waals surface area contributed by atoms with Gasteiger partial charge in [0.2, 0.25) is 0 Å². The molecule has 0 saturated heterocycles. The molecular formula is C35H30Cl2F2N6O6. The normalized spacial score (nSPS) is 11.1. The van der Waals surface area contributed by atoms with Crippen LogP contribution >= 0.6 is 23.2 Å². The second kappa shape index (κ2) is 15.0. The van der Waals surface area contributed by atoms with Crippen LogP contribution in [0.3, 0.4) is 0 Å². The predicted octanol–water partition coefficient (Wildman–Crippen LogP) is 9.09. The Morgan fingerprint density at radius 2 is 1.33 bits per heavy atom. The minimum atomic E-state index is -0.867. The molecule has 0 aliphatic heterocycles. The molecular weight excluding hydrogens is 709 g/mol. The van der Waals surface area contributed by atoms with Crippen molar-refractivity contribution in [2.45, 2.75) is 26.4 Å². The first kappa shape index (κ1) is 36.5. The van der Waals surface area contributed by atoms with E-state index in [2.05, 4.69) is 25.3 Å². The summed E-state index contributed by atoms with van der Waals surface area (Å²) in [6.07, 6.45) is 1.69. The highest BCUT2D eigenvalue weighted by molar-refractivity contribution is 6.31. The van der Waals surface area contributed by atoms with E-state index in [1.807, 2.05) is 0 Å². The zero-order valence-electron chi connectivity index (χ0n) is 27.7. The number of carbonyl (C=O) groups is 1. The summed E-state index contributed by atoms with van der Waals surface area (Å²) in [5, 5.41) is 23.6. The van der Waals surface area contributed by atoms with Crippen LogP contribution in [0.5, 0.6) is 23.0 Å². The molecule has 2 heterocycles. The molecule has 0 aliphatic carbocycles. The zero-order valence-corrected chi connectivity index (χ0v) is 29.2. The van der Waals surface area contributed by atoms with Crippen LogP contribution < -0.4 is 19.7 Å². The first-order chi connectivity index (χ1) is 24.2. The number of ether oxygens (including phenoxy) is 3. The number of nitrogens with zero attached hydrogens (tertiary/aromatic N) is 5. The predicted molar refractivity (Wildman–Crippen MR) is 190 cm³/mol. The SMILES string of the molecule is COc1cc2ncnc(N(C(=O)OC(C)(C)C)c3cccc(Cl)c3F)c2cc1O.COc1cc2ncnc(Nc3cccc(Cl)c3F)c2cc1O. The molecule has 51 heavy (non-hydrogen) atoms. The van der Waals surface area contributed by atoms with Gasteiger partial charge in [-0.2, -0.15) is 0 Å². The van der Waals surface area contributed by atoms with E-state index in [-0.39, 0.29) is 49.9 Å². The van der Waals surface area contributed by atoms with Crippen molar-refractivity contribution in [1.82, 2.24) is 19.9 Å². The number of halogens is 4. The van der Waals surface area contributed by atoms with Gasteiger partial charge in [-0.1, -0.05) is 35.3 Å². The lowest BCUT2D eigenvalue weighted by Crippen LogP contribution is -2.35. The number of anilines is 4. The second-order valence-electron chi connectivity index (χ2n) is 11.6. The maximum Gasteiger partial charge on any atom is 0.420 e. The number of rotatable bonds is 6. The van der Waals surface area contributed by atoms with Gasteiger partial charge in [-0.05, 0) is 57.2 Å². The van der Waals surface area contributed by atoms with E-state index in [1.54, 1.807) is 39.0 Å². The number of phenols is 2. The van der Waals surface area contributed by atoms with Gasteiger partial charge in [0.25, 0.3) is 0 Å². The van der Waals surface area contributed by atoms with Crippen molar-refractivity contribution in [3.8, 4) is 23.0 Å². The first-order valence-electron chi connectivity index (χ1n) is 14.9. The topological polar surface area (TPSA) is 152 Å². The van der Waals surface area contributed by atoms with Gasteiger partial charge < -0.3 is 29.7 Å². The molecule has 6 rings (SSSR count). The molecule has 0 spiro atoms. The number of phenolic OH excluding ortho intramolecular Hbond substituents is 2. The summed E-state index contributed by atoms with van der Waals surface area (Å²) < 4.78 is 44.4. The van der Waals surface area contributed by atoms with Crippen LogP contribution in [0.25, 0.3) is 21.8 Å². The fraction of sp³-hybridized carbons (Fsp3) is 0.171. The maximum absolute atomic E-state index is 14.8. The van der Waals surface area contributed by atoms with E-state index in [4.69, 9.17) is 37.4 Å². The van der Waals surface area contributed by atoms with Crippen LogP contribution in [-0.4, -0.2) is 56.1 Å². The Bertz CT molecular complexity index is 2260. The third-order valence-electron chi connectivity index (χ3n) is 7.02. The Kier molecular flexibility index (Phi) is 10.8. The average Bonchev–Trinajstić information content (AvgIpc) is 3.08. The highest BCUT2D eigenvalue weighted by Gasteiger charge is 2.30.